The number of aryl methyl sites for hydroxylation is 1. The summed E-state index contributed by atoms with van der Waals surface area (Å²) in [4.78, 5) is 17.3. The van der Waals surface area contributed by atoms with Crippen LogP contribution in [0.4, 0.5) is 10.2 Å². The van der Waals surface area contributed by atoms with E-state index in [0.717, 1.165) is 5.56 Å². The molecule has 4 nitrogen and oxygen atoms in total. The van der Waals surface area contributed by atoms with E-state index in [1.54, 1.807) is 46.9 Å². The summed E-state index contributed by atoms with van der Waals surface area (Å²) in [5.41, 5.74) is 2.75. The van der Waals surface area contributed by atoms with Crippen LogP contribution in [0, 0.1) is 12.7 Å². The molecule has 1 amide bonds. The average Bonchev–Trinajstić information content (AvgIpc) is 3.00. The highest BCUT2D eigenvalue weighted by Crippen LogP contribution is 2.31. The molecule has 0 aliphatic heterocycles. The Kier molecular flexibility index (Phi) is 4.38. The number of imidazole rings is 1. The number of fused-ring (bicyclic) bond motifs is 1. The fourth-order valence-electron chi connectivity index (χ4n) is 2.89. The Bertz CT molecular complexity index is 1150. The molecule has 27 heavy (non-hydrogen) atoms. The molecule has 4 rings (SSSR count). The number of aromatic nitrogens is 2. The van der Waals surface area contributed by atoms with Gasteiger partial charge in [0.1, 0.15) is 23.0 Å². The molecule has 4 aromatic rings. The maximum absolute atomic E-state index is 14.4. The van der Waals surface area contributed by atoms with Gasteiger partial charge in [-0.1, -0.05) is 29.8 Å². The first kappa shape index (κ1) is 17.2. The Labute approximate surface area is 160 Å². The molecular formula is C21H15ClFN3O. The van der Waals surface area contributed by atoms with E-state index >= 15 is 0 Å². The summed E-state index contributed by atoms with van der Waals surface area (Å²) in [6.07, 6.45) is 1.85. The van der Waals surface area contributed by atoms with Gasteiger partial charge in [0, 0.05) is 22.3 Å². The number of carbonyl (C=O) groups excluding carboxylic acids is 1. The van der Waals surface area contributed by atoms with Crippen molar-refractivity contribution in [3.8, 4) is 11.3 Å². The summed E-state index contributed by atoms with van der Waals surface area (Å²) < 4.78 is 16.1. The molecule has 0 unspecified atom stereocenters. The number of nitrogens with one attached hydrogen (secondary N) is 1. The van der Waals surface area contributed by atoms with Gasteiger partial charge in [0.25, 0.3) is 5.91 Å². The molecule has 0 saturated heterocycles. The molecule has 6 heteroatoms. The molecule has 2 aromatic carbocycles. The summed E-state index contributed by atoms with van der Waals surface area (Å²) in [5, 5.41) is 3.42. The van der Waals surface area contributed by atoms with Crippen molar-refractivity contribution in [1.29, 1.82) is 0 Å². The second kappa shape index (κ2) is 6.85. The van der Waals surface area contributed by atoms with E-state index in [0.29, 0.717) is 33.3 Å². The number of benzene rings is 2. The van der Waals surface area contributed by atoms with E-state index in [4.69, 9.17) is 11.6 Å². The van der Waals surface area contributed by atoms with Crippen LogP contribution in [0.3, 0.4) is 0 Å². The SMILES string of the molecule is Cc1ccc2nc(-c3ccccc3F)c(NC(=O)c3ccc(Cl)cc3)n2c1. The summed E-state index contributed by atoms with van der Waals surface area (Å²) in [5.74, 6) is -0.314. The number of hydrogen-bond donors (Lipinski definition) is 1. The molecule has 0 aliphatic rings. The Morgan fingerprint density at radius 3 is 2.56 bits per heavy atom. The first-order valence-electron chi connectivity index (χ1n) is 8.33. The summed E-state index contributed by atoms with van der Waals surface area (Å²) >= 11 is 5.89. The number of carbonyl (C=O) groups is 1. The fraction of sp³-hybridized carbons (Fsp3) is 0.0476. The maximum atomic E-state index is 14.4. The molecule has 134 valence electrons. The van der Waals surface area contributed by atoms with Crippen LogP contribution in [0.15, 0.2) is 66.9 Å². The molecule has 1 N–H and O–H groups in total. The van der Waals surface area contributed by atoms with Crippen molar-refractivity contribution in [2.75, 3.05) is 5.32 Å². The van der Waals surface area contributed by atoms with Crippen LogP contribution in [0.2, 0.25) is 5.02 Å². The van der Waals surface area contributed by atoms with E-state index in [2.05, 4.69) is 10.3 Å². The Morgan fingerprint density at radius 1 is 1.07 bits per heavy atom. The number of nitrogens with zero attached hydrogens (tertiary/aromatic N) is 2. The van der Waals surface area contributed by atoms with Crippen LogP contribution < -0.4 is 5.32 Å². The van der Waals surface area contributed by atoms with Gasteiger partial charge in [-0.2, -0.15) is 0 Å². The topological polar surface area (TPSA) is 46.4 Å². The summed E-state index contributed by atoms with van der Waals surface area (Å²) in [7, 11) is 0. The minimum absolute atomic E-state index is 0.324. The zero-order valence-electron chi connectivity index (χ0n) is 14.4. The second-order valence-electron chi connectivity index (χ2n) is 6.18. The van der Waals surface area contributed by atoms with Crippen LogP contribution in [-0.4, -0.2) is 15.3 Å². The van der Waals surface area contributed by atoms with Gasteiger partial charge in [-0.15, -0.1) is 0 Å². The van der Waals surface area contributed by atoms with Gasteiger partial charge >= 0.3 is 0 Å². The highest BCUT2D eigenvalue weighted by molar-refractivity contribution is 6.30. The normalized spacial score (nSPS) is 10.9. The van der Waals surface area contributed by atoms with Gasteiger partial charge in [-0.05, 0) is 55.0 Å². The lowest BCUT2D eigenvalue weighted by Crippen LogP contribution is -2.14. The van der Waals surface area contributed by atoms with Crippen molar-refractivity contribution in [1.82, 2.24) is 9.38 Å². The predicted molar refractivity (Wildman–Crippen MR) is 105 cm³/mol. The van der Waals surface area contributed by atoms with Crippen LogP contribution in [-0.2, 0) is 0 Å². The first-order valence-corrected chi connectivity index (χ1v) is 8.71. The van der Waals surface area contributed by atoms with Gasteiger partial charge in [-0.3, -0.25) is 9.20 Å². The fourth-order valence-corrected chi connectivity index (χ4v) is 3.02. The Balaban J connectivity index is 1.86. The largest absolute Gasteiger partial charge is 0.306 e. The molecule has 0 radical (unpaired) electrons. The molecule has 0 bridgehead atoms. The third-order valence-electron chi connectivity index (χ3n) is 4.23. The van der Waals surface area contributed by atoms with Crippen LogP contribution in [0.25, 0.3) is 16.9 Å². The summed E-state index contributed by atoms with van der Waals surface area (Å²) in [6, 6.07) is 16.7. The van der Waals surface area contributed by atoms with E-state index in [1.807, 2.05) is 25.3 Å². The number of anilines is 1. The smallest absolute Gasteiger partial charge is 0.256 e. The van der Waals surface area contributed by atoms with Gasteiger partial charge < -0.3 is 5.32 Å². The average molecular weight is 380 g/mol. The molecular weight excluding hydrogens is 365 g/mol. The van der Waals surface area contributed by atoms with Crippen molar-refractivity contribution in [2.45, 2.75) is 6.92 Å². The third-order valence-corrected chi connectivity index (χ3v) is 4.49. The van der Waals surface area contributed by atoms with Gasteiger partial charge in [0.05, 0.1) is 0 Å². The van der Waals surface area contributed by atoms with Gasteiger partial charge in [0.15, 0.2) is 0 Å². The number of pyridine rings is 1. The second-order valence-corrected chi connectivity index (χ2v) is 6.62. The predicted octanol–water partition coefficient (Wildman–Crippen LogP) is 5.35. The molecule has 0 atom stereocenters. The highest BCUT2D eigenvalue weighted by Gasteiger charge is 2.19. The lowest BCUT2D eigenvalue weighted by Gasteiger charge is -2.09. The van der Waals surface area contributed by atoms with Gasteiger partial charge in [-0.25, -0.2) is 9.37 Å². The minimum Gasteiger partial charge on any atom is -0.306 e. The molecule has 2 heterocycles. The number of amides is 1. The lowest BCUT2D eigenvalue weighted by atomic mass is 10.1. The van der Waals surface area contributed by atoms with E-state index < -0.39 is 5.82 Å². The van der Waals surface area contributed by atoms with Crippen LogP contribution >= 0.6 is 11.6 Å². The van der Waals surface area contributed by atoms with E-state index in [1.165, 1.54) is 6.07 Å². The molecule has 0 saturated carbocycles. The zero-order chi connectivity index (χ0) is 19.0. The van der Waals surface area contributed by atoms with Gasteiger partial charge in [0.2, 0.25) is 0 Å². The zero-order valence-corrected chi connectivity index (χ0v) is 15.2. The van der Waals surface area contributed by atoms with Crippen LogP contribution in [0.5, 0.6) is 0 Å². The minimum atomic E-state index is -0.403. The standard InChI is InChI=1S/C21H15ClFN3O/c1-13-6-11-18-24-19(16-4-2-3-5-17(16)23)20(26(18)12-13)25-21(27)14-7-9-15(22)10-8-14/h2-12H,1H3,(H,25,27). The Morgan fingerprint density at radius 2 is 1.81 bits per heavy atom. The van der Waals surface area contributed by atoms with Crippen molar-refractivity contribution in [3.63, 3.8) is 0 Å². The number of rotatable bonds is 3. The molecule has 0 aliphatic carbocycles. The van der Waals surface area contributed by atoms with E-state index in [9.17, 15) is 9.18 Å². The number of halogens is 2. The maximum Gasteiger partial charge on any atom is 0.256 e. The highest BCUT2D eigenvalue weighted by atomic mass is 35.5. The monoisotopic (exact) mass is 379 g/mol. The molecule has 0 spiro atoms. The third kappa shape index (κ3) is 3.29. The van der Waals surface area contributed by atoms with E-state index in [-0.39, 0.29) is 5.91 Å². The molecule has 0 fully saturated rings. The van der Waals surface area contributed by atoms with Crippen LogP contribution in [0.1, 0.15) is 15.9 Å². The van der Waals surface area contributed by atoms with Crippen molar-refractivity contribution < 1.29 is 9.18 Å². The first-order chi connectivity index (χ1) is 13.0. The number of hydrogen-bond acceptors (Lipinski definition) is 2. The lowest BCUT2D eigenvalue weighted by molar-refractivity contribution is 0.102. The summed E-state index contributed by atoms with van der Waals surface area (Å²) in [6.45, 7) is 1.94. The molecule has 2 aromatic heterocycles. The van der Waals surface area contributed by atoms with Crippen molar-refractivity contribution in [2.24, 2.45) is 0 Å². The van der Waals surface area contributed by atoms with Crippen molar-refractivity contribution in [3.05, 3.63) is 88.8 Å². The quantitative estimate of drug-likeness (QED) is 0.521. The van der Waals surface area contributed by atoms with Crippen molar-refractivity contribution >= 4 is 29.0 Å². The Hall–Kier alpha value is -3.18.